The van der Waals surface area contributed by atoms with E-state index in [-0.39, 0.29) is 23.1 Å². The molecule has 1 saturated heterocycles. The second-order valence-corrected chi connectivity index (χ2v) is 7.91. The maximum Gasteiger partial charge on any atom is 0.416 e. The highest BCUT2D eigenvalue weighted by molar-refractivity contribution is 5.83. The van der Waals surface area contributed by atoms with Gasteiger partial charge in [-0.15, -0.1) is 0 Å². The highest BCUT2D eigenvalue weighted by Gasteiger charge is 2.32. The summed E-state index contributed by atoms with van der Waals surface area (Å²) < 4.78 is 41.0. The van der Waals surface area contributed by atoms with Crippen LogP contribution in [-0.4, -0.2) is 43.8 Å². The quantitative estimate of drug-likeness (QED) is 0.656. The van der Waals surface area contributed by atoms with Crippen LogP contribution in [0.3, 0.4) is 0 Å². The second kappa shape index (κ2) is 7.55. The Morgan fingerprint density at radius 3 is 2.61 bits per heavy atom. The predicted octanol–water partition coefficient (Wildman–Crippen LogP) is 4.62. The number of halogens is 3. The Bertz CT molecular complexity index is 1150. The summed E-state index contributed by atoms with van der Waals surface area (Å²) in [5.74, 6) is -0.332. The first-order chi connectivity index (χ1) is 14.6. The molecule has 2 aromatic heterocycles. The number of carbonyl (C=O) groups is 1. The lowest BCUT2D eigenvalue weighted by Gasteiger charge is -2.32. The fourth-order valence-corrected chi connectivity index (χ4v) is 4.27. The van der Waals surface area contributed by atoms with Gasteiger partial charge in [-0.05, 0) is 57.0 Å². The van der Waals surface area contributed by atoms with Gasteiger partial charge in [0.1, 0.15) is 5.75 Å². The molecule has 0 radical (unpaired) electrons. The third-order valence-electron chi connectivity index (χ3n) is 5.91. The smallest absolute Gasteiger partial charge is 0.416 e. The molecule has 1 aliphatic heterocycles. The summed E-state index contributed by atoms with van der Waals surface area (Å²) in [6.07, 6.45) is -3.39. The van der Waals surface area contributed by atoms with Crippen molar-refractivity contribution in [1.29, 1.82) is 0 Å². The number of benzene rings is 1. The van der Waals surface area contributed by atoms with Crippen LogP contribution in [0.15, 0.2) is 24.3 Å². The lowest BCUT2D eigenvalue weighted by Crippen LogP contribution is -2.41. The minimum absolute atomic E-state index is 0.0384. The van der Waals surface area contributed by atoms with Crippen molar-refractivity contribution < 1.29 is 23.1 Å². The van der Waals surface area contributed by atoms with Gasteiger partial charge in [0.25, 0.3) is 0 Å². The molecule has 31 heavy (non-hydrogen) atoms. The molecule has 3 heterocycles. The third kappa shape index (κ3) is 3.73. The van der Waals surface area contributed by atoms with E-state index < -0.39 is 17.5 Å². The van der Waals surface area contributed by atoms with Crippen molar-refractivity contribution in [3.8, 4) is 17.0 Å². The minimum atomic E-state index is -4.54. The number of phenols is 1. The lowest BCUT2D eigenvalue weighted by atomic mass is 10.00. The molecule has 4 rings (SSSR count). The summed E-state index contributed by atoms with van der Waals surface area (Å²) >= 11 is 0. The molecule has 0 bridgehead atoms. The van der Waals surface area contributed by atoms with Gasteiger partial charge in [-0.2, -0.15) is 18.3 Å². The normalized spacial score (nSPS) is 17.5. The number of aryl methyl sites for hydroxylation is 2. The molecule has 1 fully saturated rings. The van der Waals surface area contributed by atoms with Gasteiger partial charge >= 0.3 is 6.18 Å². The molecular weight excluding hydrogens is 409 g/mol. The zero-order chi connectivity index (χ0) is 22.5. The van der Waals surface area contributed by atoms with Gasteiger partial charge < -0.3 is 10.0 Å². The molecule has 164 valence electrons. The Kier molecular flexibility index (Phi) is 5.15. The fraction of sp³-hybridized carbons (Fsp3) is 0.409. The van der Waals surface area contributed by atoms with Gasteiger partial charge in [-0.3, -0.25) is 9.48 Å². The van der Waals surface area contributed by atoms with E-state index in [1.165, 1.54) is 6.92 Å². The number of fused-ring (bicyclic) bond motifs is 1. The van der Waals surface area contributed by atoms with Crippen molar-refractivity contribution in [2.75, 3.05) is 13.1 Å². The van der Waals surface area contributed by atoms with E-state index in [0.29, 0.717) is 37.3 Å². The van der Waals surface area contributed by atoms with Crippen molar-refractivity contribution in [2.45, 2.75) is 45.8 Å². The number of hydrogen-bond acceptors (Lipinski definition) is 4. The molecule has 1 aliphatic rings. The molecule has 0 aliphatic carbocycles. The third-order valence-corrected chi connectivity index (χ3v) is 5.91. The minimum Gasteiger partial charge on any atom is -0.507 e. The van der Waals surface area contributed by atoms with Crippen molar-refractivity contribution in [2.24, 2.45) is 0 Å². The topological polar surface area (TPSA) is 71.2 Å². The average Bonchev–Trinajstić information content (AvgIpc) is 3.03. The zero-order valence-corrected chi connectivity index (χ0v) is 17.5. The number of pyridine rings is 1. The van der Waals surface area contributed by atoms with Gasteiger partial charge in [-0.25, -0.2) is 4.98 Å². The summed E-state index contributed by atoms with van der Waals surface area (Å²) in [6, 6.07) is 5.26. The van der Waals surface area contributed by atoms with E-state index in [1.54, 1.807) is 6.07 Å². The van der Waals surface area contributed by atoms with E-state index in [9.17, 15) is 23.1 Å². The largest absolute Gasteiger partial charge is 0.507 e. The van der Waals surface area contributed by atoms with E-state index in [4.69, 9.17) is 0 Å². The number of rotatable bonds is 3. The predicted molar refractivity (Wildman–Crippen MR) is 110 cm³/mol. The van der Waals surface area contributed by atoms with Gasteiger partial charge in [0, 0.05) is 36.2 Å². The number of hydrogen-bond donors (Lipinski definition) is 1. The van der Waals surface area contributed by atoms with E-state index >= 15 is 0 Å². The Morgan fingerprint density at radius 1 is 1.23 bits per heavy atom. The van der Waals surface area contributed by atoms with Crippen LogP contribution < -0.4 is 0 Å². The number of phenolic OH excluding ortho intramolecular Hbond substituents is 1. The van der Waals surface area contributed by atoms with E-state index in [0.717, 1.165) is 23.2 Å². The Labute approximate surface area is 177 Å². The molecular formula is C22H23F3N4O2. The molecule has 1 unspecified atom stereocenters. The number of aromatic hydroxyl groups is 1. The molecule has 3 aromatic rings. The lowest BCUT2D eigenvalue weighted by molar-refractivity contribution is -0.137. The van der Waals surface area contributed by atoms with Crippen molar-refractivity contribution in [3.63, 3.8) is 0 Å². The molecule has 1 atom stereocenters. The van der Waals surface area contributed by atoms with Crippen molar-refractivity contribution >= 4 is 16.9 Å². The number of likely N-dealkylation sites (tertiary alicyclic amines) is 1. The standard InChI is InChI=1S/C22H23F3N4O2/c1-4-28-11-15(5-8-19(28)31)29-13(3)16-6-7-17(26-21(16)27-29)20-12(2)9-14(10-18(20)30)22(23,24)25/h6-7,9-10,15,30H,4-5,8,11H2,1-3H3. The Hall–Kier alpha value is -3.10. The summed E-state index contributed by atoms with van der Waals surface area (Å²) in [4.78, 5) is 18.3. The van der Waals surface area contributed by atoms with Gasteiger partial charge in [-0.1, -0.05) is 0 Å². The van der Waals surface area contributed by atoms with Gasteiger partial charge in [0.2, 0.25) is 5.91 Å². The summed E-state index contributed by atoms with van der Waals surface area (Å²) in [6.45, 7) is 6.61. The molecule has 1 amide bonds. The number of aromatic nitrogens is 3. The Morgan fingerprint density at radius 2 is 1.97 bits per heavy atom. The number of carbonyl (C=O) groups excluding carboxylic acids is 1. The zero-order valence-electron chi connectivity index (χ0n) is 17.5. The average molecular weight is 432 g/mol. The van der Waals surface area contributed by atoms with Crippen LogP contribution in [0.2, 0.25) is 0 Å². The summed E-state index contributed by atoms with van der Waals surface area (Å²) in [5, 5.41) is 15.8. The molecule has 1 N–H and O–H groups in total. The maximum absolute atomic E-state index is 13.0. The van der Waals surface area contributed by atoms with Gasteiger partial charge in [0.05, 0.1) is 17.3 Å². The first kappa shape index (κ1) is 21.1. The van der Waals surface area contributed by atoms with Crippen LogP contribution in [0.4, 0.5) is 13.2 Å². The van der Waals surface area contributed by atoms with Crippen molar-refractivity contribution in [3.05, 3.63) is 41.1 Å². The van der Waals surface area contributed by atoms with Crippen LogP contribution in [0.5, 0.6) is 5.75 Å². The van der Waals surface area contributed by atoms with E-state index in [1.807, 2.05) is 29.5 Å². The molecule has 9 heteroatoms. The highest BCUT2D eigenvalue weighted by atomic mass is 19.4. The van der Waals surface area contributed by atoms with Crippen LogP contribution in [-0.2, 0) is 11.0 Å². The summed E-state index contributed by atoms with van der Waals surface area (Å²) in [7, 11) is 0. The van der Waals surface area contributed by atoms with Crippen LogP contribution in [0.1, 0.15) is 42.6 Å². The van der Waals surface area contributed by atoms with Crippen molar-refractivity contribution in [1.82, 2.24) is 19.7 Å². The Balaban J connectivity index is 1.74. The second-order valence-electron chi connectivity index (χ2n) is 7.91. The summed E-state index contributed by atoms with van der Waals surface area (Å²) in [5.41, 5.74) is 1.35. The number of piperidine rings is 1. The van der Waals surface area contributed by atoms with Crippen LogP contribution >= 0.6 is 0 Å². The first-order valence-corrected chi connectivity index (χ1v) is 10.1. The number of alkyl halides is 3. The number of likely N-dealkylation sites (N-methyl/N-ethyl adjacent to an activating group) is 1. The van der Waals surface area contributed by atoms with Crippen LogP contribution in [0.25, 0.3) is 22.3 Å². The monoisotopic (exact) mass is 432 g/mol. The van der Waals surface area contributed by atoms with E-state index in [2.05, 4.69) is 10.1 Å². The van der Waals surface area contributed by atoms with Gasteiger partial charge in [0.15, 0.2) is 5.65 Å². The molecule has 6 nitrogen and oxygen atoms in total. The van der Waals surface area contributed by atoms with Crippen LogP contribution in [0, 0.1) is 13.8 Å². The molecule has 0 spiro atoms. The molecule has 1 aromatic carbocycles. The maximum atomic E-state index is 13.0. The fourth-order valence-electron chi connectivity index (χ4n) is 4.27. The first-order valence-electron chi connectivity index (χ1n) is 10.1. The molecule has 0 saturated carbocycles. The number of nitrogens with zero attached hydrogens (tertiary/aromatic N) is 4. The SMILES string of the molecule is CCN1CC(n2nc3nc(-c4c(C)cc(C(F)(F)F)cc4O)ccc3c2C)CCC1=O. The number of amides is 1. The highest BCUT2D eigenvalue weighted by Crippen LogP contribution is 2.39.